The SMILES string of the molecule is C[C@@H](N)c1ccc2cc(O)ccc2c1. The molecular weight excluding hydrogens is 174 g/mol. The Bertz CT molecular complexity index is 463. The van der Waals surface area contributed by atoms with Crippen molar-refractivity contribution < 1.29 is 5.11 Å². The van der Waals surface area contributed by atoms with Gasteiger partial charge >= 0.3 is 0 Å². The lowest BCUT2D eigenvalue weighted by atomic mass is 10.0. The van der Waals surface area contributed by atoms with Gasteiger partial charge in [0, 0.05) is 6.04 Å². The molecule has 0 aliphatic carbocycles. The van der Waals surface area contributed by atoms with E-state index in [0.717, 1.165) is 16.3 Å². The van der Waals surface area contributed by atoms with Gasteiger partial charge in [-0.2, -0.15) is 0 Å². The zero-order valence-electron chi connectivity index (χ0n) is 8.07. The first-order valence-electron chi connectivity index (χ1n) is 4.65. The molecule has 0 spiro atoms. The Morgan fingerprint density at radius 2 is 1.71 bits per heavy atom. The summed E-state index contributed by atoms with van der Waals surface area (Å²) in [6, 6.07) is 11.4. The number of rotatable bonds is 1. The first-order chi connectivity index (χ1) is 6.66. The molecule has 0 heterocycles. The topological polar surface area (TPSA) is 46.2 Å². The maximum absolute atomic E-state index is 9.28. The van der Waals surface area contributed by atoms with Crippen LogP contribution < -0.4 is 5.73 Å². The van der Waals surface area contributed by atoms with Crippen molar-refractivity contribution >= 4 is 10.8 Å². The Balaban J connectivity index is 2.62. The number of fused-ring (bicyclic) bond motifs is 1. The molecule has 1 atom stereocenters. The largest absolute Gasteiger partial charge is 0.508 e. The normalized spacial score (nSPS) is 13.0. The standard InChI is InChI=1S/C12H13NO/c1-8(13)9-2-3-11-7-12(14)5-4-10(11)6-9/h2-8,14H,13H2,1H3/t8-/m1/s1. The summed E-state index contributed by atoms with van der Waals surface area (Å²) >= 11 is 0. The number of phenolic OH excluding ortho intramolecular Hbond substituents is 1. The van der Waals surface area contributed by atoms with Crippen molar-refractivity contribution in [3.8, 4) is 5.75 Å². The van der Waals surface area contributed by atoms with Gasteiger partial charge in [0.1, 0.15) is 5.75 Å². The molecule has 2 rings (SSSR count). The van der Waals surface area contributed by atoms with Crippen LogP contribution in [0, 0.1) is 0 Å². The van der Waals surface area contributed by atoms with Gasteiger partial charge in [-0.25, -0.2) is 0 Å². The minimum Gasteiger partial charge on any atom is -0.508 e. The molecular formula is C12H13NO. The third-order valence-electron chi connectivity index (χ3n) is 2.37. The van der Waals surface area contributed by atoms with Crippen molar-refractivity contribution in [3.63, 3.8) is 0 Å². The van der Waals surface area contributed by atoms with Crippen LogP contribution in [0.4, 0.5) is 0 Å². The van der Waals surface area contributed by atoms with Crippen molar-refractivity contribution in [2.75, 3.05) is 0 Å². The number of hydrogen-bond acceptors (Lipinski definition) is 2. The summed E-state index contributed by atoms with van der Waals surface area (Å²) in [4.78, 5) is 0. The fourth-order valence-corrected chi connectivity index (χ4v) is 1.53. The Morgan fingerprint density at radius 3 is 2.43 bits per heavy atom. The molecule has 0 fully saturated rings. The summed E-state index contributed by atoms with van der Waals surface area (Å²) in [5, 5.41) is 11.4. The smallest absolute Gasteiger partial charge is 0.116 e. The van der Waals surface area contributed by atoms with E-state index in [4.69, 9.17) is 5.73 Å². The van der Waals surface area contributed by atoms with Crippen LogP contribution in [0.2, 0.25) is 0 Å². The van der Waals surface area contributed by atoms with E-state index in [9.17, 15) is 5.11 Å². The highest BCUT2D eigenvalue weighted by Gasteiger charge is 2.00. The number of aromatic hydroxyl groups is 1. The Morgan fingerprint density at radius 1 is 1.07 bits per heavy atom. The van der Waals surface area contributed by atoms with Gasteiger partial charge in [-0.05, 0) is 41.5 Å². The van der Waals surface area contributed by atoms with Crippen molar-refractivity contribution in [3.05, 3.63) is 42.0 Å². The highest BCUT2D eigenvalue weighted by molar-refractivity contribution is 5.84. The molecule has 2 nitrogen and oxygen atoms in total. The molecule has 14 heavy (non-hydrogen) atoms. The van der Waals surface area contributed by atoms with Crippen molar-refractivity contribution in [2.45, 2.75) is 13.0 Å². The molecule has 0 radical (unpaired) electrons. The molecule has 3 N–H and O–H groups in total. The summed E-state index contributed by atoms with van der Waals surface area (Å²) in [6.07, 6.45) is 0. The minimum absolute atomic E-state index is 0.0493. The Hall–Kier alpha value is -1.54. The van der Waals surface area contributed by atoms with Crippen LogP contribution in [0.25, 0.3) is 10.8 Å². The van der Waals surface area contributed by atoms with E-state index >= 15 is 0 Å². The molecule has 2 aromatic carbocycles. The van der Waals surface area contributed by atoms with Crippen LogP contribution >= 0.6 is 0 Å². The molecule has 0 saturated carbocycles. The first kappa shape index (κ1) is 9.03. The van der Waals surface area contributed by atoms with Gasteiger partial charge in [-0.3, -0.25) is 0 Å². The molecule has 2 heteroatoms. The molecule has 0 aliphatic rings. The van der Waals surface area contributed by atoms with Crippen molar-refractivity contribution in [1.82, 2.24) is 0 Å². The zero-order chi connectivity index (χ0) is 10.1. The second-order valence-electron chi connectivity index (χ2n) is 3.58. The monoisotopic (exact) mass is 187 g/mol. The van der Waals surface area contributed by atoms with Crippen molar-refractivity contribution in [2.24, 2.45) is 5.73 Å². The molecule has 0 unspecified atom stereocenters. The molecule has 2 aromatic rings. The maximum atomic E-state index is 9.28. The predicted octanol–water partition coefficient (Wildman–Crippen LogP) is 2.57. The van der Waals surface area contributed by atoms with Gasteiger partial charge in [0.15, 0.2) is 0 Å². The third kappa shape index (κ3) is 1.56. The summed E-state index contributed by atoms with van der Waals surface area (Å²) in [6.45, 7) is 1.96. The Labute approximate surface area is 83.0 Å². The molecule has 0 bridgehead atoms. The van der Waals surface area contributed by atoms with Crippen LogP contribution in [0.1, 0.15) is 18.5 Å². The van der Waals surface area contributed by atoms with E-state index in [1.807, 2.05) is 25.1 Å². The second-order valence-corrected chi connectivity index (χ2v) is 3.58. The van der Waals surface area contributed by atoms with Crippen LogP contribution in [-0.4, -0.2) is 5.11 Å². The van der Waals surface area contributed by atoms with E-state index in [0.29, 0.717) is 5.75 Å². The van der Waals surface area contributed by atoms with Crippen LogP contribution in [-0.2, 0) is 0 Å². The number of benzene rings is 2. The van der Waals surface area contributed by atoms with Crippen LogP contribution in [0.5, 0.6) is 5.75 Å². The highest BCUT2D eigenvalue weighted by atomic mass is 16.3. The average Bonchev–Trinajstić information content (AvgIpc) is 2.16. The highest BCUT2D eigenvalue weighted by Crippen LogP contribution is 2.22. The molecule has 0 amide bonds. The van der Waals surface area contributed by atoms with Gasteiger partial charge in [0.05, 0.1) is 0 Å². The zero-order valence-corrected chi connectivity index (χ0v) is 8.07. The van der Waals surface area contributed by atoms with Gasteiger partial charge in [0.25, 0.3) is 0 Å². The lowest BCUT2D eigenvalue weighted by molar-refractivity contribution is 0.476. The lowest BCUT2D eigenvalue weighted by Crippen LogP contribution is -2.04. The van der Waals surface area contributed by atoms with Crippen molar-refractivity contribution in [1.29, 1.82) is 0 Å². The molecule has 72 valence electrons. The number of nitrogens with two attached hydrogens (primary N) is 1. The van der Waals surface area contributed by atoms with E-state index in [1.54, 1.807) is 12.1 Å². The maximum Gasteiger partial charge on any atom is 0.116 e. The molecule has 0 saturated heterocycles. The average molecular weight is 187 g/mol. The molecule has 0 aliphatic heterocycles. The van der Waals surface area contributed by atoms with E-state index < -0.39 is 0 Å². The fourth-order valence-electron chi connectivity index (χ4n) is 1.53. The van der Waals surface area contributed by atoms with E-state index in [-0.39, 0.29) is 6.04 Å². The first-order valence-corrected chi connectivity index (χ1v) is 4.65. The van der Waals surface area contributed by atoms with Crippen LogP contribution in [0.3, 0.4) is 0 Å². The predicted molar refractivity (Wildman–Crippen MR) is 58.2 cm³/mol. The fraction of sp³-hybridized carbons (Fsp3) is 0.167. The lowest BCUT2D eigenvalue weighted by Gasteiger charge is -2.06. The van der Waals surface area contributed by atoms with Gasteiger partial charge in [-0.15, -0.1) is 0 Å². The summed E-state index contributed by atoms with van der Waals surface area (Å²) < 4.78 is 0. The summed E-state index contributed by atoms with van der Waals surface area (Å²) in [7, 11) is 0. The third-order valence-corrected chi connectivity index (χ3v) is 2.37. The quantitative estimate of drug-likeness (QED) is 0.720. The molecule has 0 aromatic heterocycles. The number of hydrogen-bond donors (Lipinski definition) is 2. The van der Waals surface area contributed by atoms with E-state index in [1.165, 1.54) is 0 Å². The minimum atomic E-state index is 0.0493. The summed E-state index contributed by atoms with van der Waals surface area (Å²) in [5.74, 6) is 0.297. The van der Waals surface area contributed by atoms with Gasteiger partial charge < -0.3 is 10.8 Å². The van der Waals surface area contributed by atoms with Gasteiger partial charge in [0.2, 0.25) is 0 Å². The second kappa shape index (κ2) is 3.31. The Kier molecular flexibility index (Phi) is 2.14. The summed E-state index contributed by atoms with van der Waals surface area (Å²) in [5.41, 5.74) is 6.90. The van der Waals surface area contributed by atoms with E-state index in [2.05, 4.69) is 6.07 Å². The number of phenols is 1. The van der Waals surface area contributed by atoms with Gasteiger partial charge in [-0.1, -0.05) is 18.2 Å². The van der Waals surface area contributed by atoms with Crippen LogP contribution in [0.15, 0.2) is 36.4 Å².